The first-order valence-electron chi connectivity index (χ1n) is 11.0. The summed E-state index contributed by atoms with van der Waals surface area (Å²) in [6, 6.07) is 17.2. The molecular weight excluding hydrogens is 446 g/mol. The fourth-order valence-corrected chi connectivity index (χ4v) is 4.08. The molecular formula is C28H25NO6. The highest BCUT2D eigenvalue weighted by molar-refractivity contribution is 5.95. The Kier molecular flexibility index (Phi) is 6.06. The van der Waals surface area contributed by atoms with Gasteiger partial charge in [0.2, 0.25) is 6.79 Å². The second kappa shape index (κ2) is 9.46. The lowest BCUT2D eigenvalue weighted by Crippen LogP contribution is -1.94. The van der Waals surface area contributed by atoms with Gasteiger partial charge >= 0.3 is 0 Å². The Morgan fingerprint density at radius 1 is 0.686 bits per heavy atom. The quantitative estimate of drug-likeness (QED) is 0.336. The van der Waals surface area contributed by atoms with E-state index in [1.165, 1.54) is 0 Å². The summed E-state index contributed by atoms with van der Waals surface area (Å²) in [7, 11) is 6.56. The van der Waals surface area contributed by atoms with E-state index in [0.29, 0.717) is 23.0 Å². The second-order valence-corrected chi connectivity index (χ2v) is 7.83. The number of benzene rings is 3. The summed E-state index contributed by atoms with van der Waals surface area (Å²) < 4.78 is 33.2. The number of fused-ring (bicyclic) bond motifs is 2. The van der Waals surface area contributed by atoms with E-state index >= 15 is 0 Å². The lowest BCUT2D eigenvalue weighted by atomic mass is 10.0. The van der Waals surface area contributed by atoms with Crippen LogP contribution in [-0.4, -0.2) is 40.2 Å². The van der Waals surface area contributed by atoms with E-state index in [1.54, 1.807) is 28.4 Å². The van der Waals surface area contributed by atoms with Crippen molar-refractivity contribution in [2.24, 2.45) is 0 Å². The topological polar surface area (TPSA) is 68.3 Å². The minimum absolute atomic E-state index is 0.189. The molecule has 0 spiro atoms. The third-order valence-electron chi connectivity index (χ3n) is 5.90. The summed E-state index contributed by atoms with van der Waals surface area (Å²) in [5.74, 6) is 4.26. The van der Waals surface area contributed by atoms with Crippen LogP contribution in [-0.2, 0) is 0 Å². The number of ether oxygens (including phenoxy) is 6. The highest BCUT2D eigenvalue weighted by Crippen LogP contribution is 2.40. The van der Waals surface area contributed by atoms with Crippen LogP contribution in [0.15, 0.2) is 54.6 Å². The van der Waals surface area contributed by atoms with Gasteiger partial charge in [-0.15, -0.1) is 0 Å². The maximum atomic E-state index is 5.63. The molecule has 0 amide bonds. The number of hydrogen-bond donors (Lipinski definition) is 0. The maximum Gasteiger partial charge on any atom is 0.231 e. The lowest BCUT2D eigenvalue weighted by Gasteiger charge is -2.13. The van der Waals surface area contributed by atoms with Gasteiger partial charge in [-0.2, -0.15) is 0 Å². The lowest BCUT2D eigenvalue weighted by molar-refractivity contribution is 0.174. The predicted molar refractivity (Wildman–Crippen MR) is 135 cm³/mol. The zero-order valence-electron chi connectivity index (χ0n) is 20.0. The maximum absolute atomic E-state index is 5.63. The van der Waals surface area contributed by atoms with Gasteiger partial charge in [0.15, 0.2) is 11.5 Å². The number of nitrogens with zero attached hydrogens (tertiary/aromatic N) is 1. The largest absolute Gasteiger partial charge is 0.497 e. The van der Waals surface area contributed by atoms with Crippen LogP contribution in [0.25, 0.3) is 34.3 Å². The molecule has 35 heavy (non-hydrogen) atoms. The summed E-state index contributed by atoms with van der Waals surface area (Å²) in [6.45, 7) is 0.189. The molecule has 1 aromatic heterocycles. The van der Waals surface area contributed by atoms with Crippen molar-refractivity contribution >= 4 is 23.1 Å². The van der Waals surface area contributed by atoms with Crippen LogP contribution in [0.2, 0.25) is 0 Å². The molecule has 3 aromatic carbocycles. The first-order chi connectivity index (χ1) is 17.1. The average Bonchev–Trinajstić information content (AvgIpc) is 3.37. The molecule has 1 aliphatic rings. The number of aromatic nitrogens is 1. The van der Waals surface area contributed by atoms with Gasteiger partial charge in [-0.1, -0.05) is 12.2 Å². The number of methoxy groups -OCH3 is 4. The van der Waals surface area contributed by atoms with Gasteiger partial charge in [0, 0.05) is 22.6 Å². The Morgan fingerprint density at radius 2 is 1.34 bits per heavy atom. The SMILES string of the molecule is COc1ccc(OC)c(C=Cc2cc(-c3cc(OC)ccc3OC)nc3cc4c(cc23)OCO4)c1. The van der Waals surface area contributed by atoms with E-state index in [4.69, 9.17) is 33.4 Å². The third-order valence-corrected chi connectivity index (χ3v) is 5.90. The molecule has 0 unspecified atom stereocenters. The molecule has 7 nitrogen and oxygen atoms in total. The Bertz CT molecular complexity index is 1430. The van der Waals surface area contributed by atoms with E-state index < -0.39 is 0 Å². The summed E-state index contributed by atoms with van der Waals surface area (Å²) >= 11 is 0. The van der Waals surface area contributed by atoms with Crippen LogP contribution in [0, 0.1) is 0 Å². The van der Waals surface area contributed by atoms with Crippen LogP contribution < -0.4 is 28.4 Å². The highest BCUT2D eigenvalue weighted by Gasteiger charge is 2.18. The van der Waals surface area contributed by atoms with Crippen molar-refractivity contribution in [3.8, 4) is 45.8 Å². The molecule has 4 aromatic rings. The van der Waals surface area contributed by atoms with Crippen LogP contribution in [0.1, 0.15) is 11.1 Å². The van der Waals surface area contributed by atoms with Gasteiger partial charge in [-0.25, -0.2) is 4.98 Å². The van der Waals surface area contributed by atoms with Crippen LogP contribution in [0.3, 0.4) is 0 Å². The van der Waals surface area contributed by atoms with Gasteiger partial charge in [0.1, 0.15) is 23.0 Å². The molecule has 0 aliphatic carbocycles. The minimum Gasteiger partial charge on any atom is -0.497 e. The molecule has 0 bridgehead atoms. The van der Waals surface area contributed by atoms with E-state index in [0.717, 1.165) is 44.8 Å². The second-order valence-electron chi connectivity index (χ2n) is 7.83. The Hall–Kier alpha value is -4.39. The highest BCUT2D eigenvalue weighted by atomic mass is 16.7. The van der Waals surface area contributed by atoms with Crippen LogP contribution >= 0.6 is 0 Å². The van der Waals surface area contributed by atoms with Crippen molar-refractivity contribution in [2.45, 2.75) is 0 Å². The summed E-state index contributed by atoms with van der Waals surface area (Å²) in [4.78, 5) is 4.93. The smallest absolute Gasteiger partial charge is 0.231 e. The molecule has 178 valence electrons. The molecule has 1 aliphatic heterocycles. The Balaban J connectivity index is 1.71. The van der Waals surface area contributed by atoms with Crippen molar-refractivity contribution < 1.29 is 28.4 Å². The normalized spacial score (nSPS) is 12.2. The molecule has 0 saturated carbocycles. The zero-order chi connectivity index (χ0) is 24.4. The first kappa shape index (κ1) is 22.4. The number of rotatable bonds is 7. The molecule has 0 atom stereocenters. The molecule has 0 saturated heterocycles. The number of pyridine rings is 1. The average molecular weight is 472 g/mol. The zero-order valence-corrected chi connectivity index (χ0v) is 20.0. The van der Waals surface area contributed by atoms with Gasteiger partial charge in [0.25, 0.3) is 0 Å². The molecule has 0 radical (unpaired) electrons. The van der Waals surface area contributed by atoms with Crippen LogP contribution in [0.4, 0.5) is 0 Å². The fraction of sp³-hybridized carbons (Fsp3) is 0.179. The summed E-state index contributed by atoms with van der Waals surface area (Å²) in [5.41, 5.74) is 4.16. The van der Waals surface area contributed by atoms with E-state index in [2.05, 4.69) is 0 Å². The third kappa shape index (κ3) is 4.28. The van der Waals surface area contributed by atoms with Gasteiger partial charge in [0.05, 0.1) is 39.6 Å². The summed E-state index contributed by atoms with van der Waals surface area (Å²) in [5, 5.41) is 0.929. The Morgan fingerprint density at radius 3 is 2.06 bits per heavy atom. The van der Waals surface area contributed by atoms with Crippen molar-refractivity contribution in [3.05, 3.63) is 65.7 Å². The monoisotopic (exact) mass is 471 g/mol. The van der Waals surface area contributed by atoms with Gasteiger partial charge in [-0.05, 0) is 54.1 Å². The van der Waals surface area contributed by atoms with Gasteiger partial charge < -0.3 is 28.4 Å². The molecule has 5 rings (SSSR count). The van der Waals surface area contributed by atoms with Gasteiger partial charge in [-0.3, -0.25) is 0 Å². The Labute approximate surface area is 203 Å². The van der Waals surface area contributed by atoms with Crippen molar-refractivity contribution in [1.82, 2.24) is 4.98 Å². The van der Waals surface area contributed by atoms with Crippen molar-refractivity contribution in [2.75, 3.05) is 35.2 Å². The molecule has 7 heteroatoms. The fourth-order valence-electron chi connectivity index (χ4n) is 4.08. The first-order valence-corrected chi connectivity index (χ1v) is 11.0. The molecule has 0 N–H and O–H groups in total. The number of hydrogen-bond acceptors (Lipinski definition) is 7. The van der Waals surface area contributed by atoms with E-state index in [9.17, 15) is 0 Å². The molecule has 0 fully saturated rings. The van der Waals surface area contributed by atoms with Crippen molar-refractivity contribution in [3.63, 3.8) is 0 Å². The molecule has 2 heterocycles. The minimum atomic E-state index is 0.189. The van der Waals surface area contributed by atoms with E-state index in [-0.39, 0.29) is 6.79 Å². The van der Waals surface area contributed by atoms with Crippen molar-refractivity contribution in [1.29, 1.82) is 0 Å². The van der Waals surface area contributed by atoms with Crippen LogP contribution in [0.5, 0.6) is 34.5 Å². The standard InChI is InChI=1S/C28H25NO6/c1-30-19-7-9-25(32-3)18(11-19)6-5-17-12-23(22-13-20(31-2)8-10-26(22)33-4)29-24-15-28-27(14-21(17)24)34-16-35-28/h5-15H,16H2,1-4H3. The summed E-state index contributed by atoms with van der Waals surface area (Å²) in [6.07, 6.45) is 4.02. The predicted octanol–water partition coefficient (Wildman–Crippen LogP) is 5.84. The van der Waals surface area contributed by atoms with E-state index in [1.807, 2.05) is 66.7 Å².